The number of esters is 1. The molecule has 3 atom stereocenters. The zero-order valence-corrected chi connectivity index (χ0v) is 16.7. The number of alkyl halides is 1. The van der Waals surface area contributed by atoms with Crippen LogP contribution in [-0.2, 0) is 4.74 Å². The average Bonchev–Trinajstić information content (AvgIpc) is 2.63. The number of aliphatic hydroxyl groups is 1. The first-order valence-corrected chi connectivity index (χ1v) is 9.53. The summed E-state index contributed by atoms with van der Waals surface area (Å²) in [7, 11) is 0. The maximum atomic E-state index is 14.6. The molecule has 29 heavy (non-hydrogen) atoms. The van der Waals surface area contributed by atoms with E-state index in [1.54, 1.807) is 20.8 Å². The van der Waals surface area contributed by atoms with Crippen molar-refractivity contribution in [1.82, 2.24) is 9.97 Å². The van der Waals surface area contributed by atoms with Crippen LogP contribution in [0.3, 0.4) is 0 Å². The lowest BCUT2D eigenvalue weighted by atomic mass is 9.84. The van der Waals surface area contributed by atoms with Crippen molar-refractivity contribution in [2.75, 3.05) is 5.73 Å². The summed E-state index contributed by atoms with van der Waals surface area (Å²) in [5.74, 6) is -1.62. The van der Waals surface area contributed by atoms with Crippen LogP contribution in [0.2, 0.25) is 0 Å². The highest BCUT2D eigenvalue weighted by molar-refractivity contribution is 5.90. The molecule has 1 aliphatic carbocycles. The smallest absolute Gasteiger partial charge is 0.341 e. The van der Waals surface area contributed by atoms with Gasteiger partial charge in [0.1, 0.15) is 29.1 Å². The van der Waals surface area contributed by atoms with Crippen molar-refractivity contribution in [2.24, 2.45) is 0 Å². The van der Waals surface area contributed by atoms with Gasteiger partial charge in [0.15, 0.2) is 0 Å². The summed E-state index contributed by atoms with van der Waals surface area (Å²) in [6.45, 7) is 5.10. The van der Waals surface area contributed by atoms with Gasteiger partial charge in [0.25, 0.3) is 0 Å². The number of halogens is 2. The van der Waals surface area contributed by atoms with Crippen LogP contribution in [0.5, 0.6) is 0 Å². The quantitative estimate of drug-likeness (QED) is 0.754. The lowest BCUT2D eigenvalue weighted by Gasteiger charge is -2.28. The molecule has 0 saturated heterocycles. The number of anilines is 1. The standard InChI is InChI=1S/C21H25F2N3O3/c1-21(2,3)29-20(28)13-6-4-12(9-14(13)22)18-19(24)25-10-16(26-18)11-5-7-17(27)15(23)8-11/h4,6,9-11,15,17,27H,5,7-8H2,1-3H3,(H2,24,25)/t11-,15-,17+/m0/s1. The summed E-state index contributed by atoms with van der Waals surface area (Å²) < 4.78 is 33.7. The lowest BCUT2D eigenvalue weighted by Crippen LogP contribution is -2.30. The van der Waals surface area contributed by atoms with E-state index in [9.17, 15) is 18.7 Å². The second-order valence-corrected chi connectivity index (χ2v) is 8.32. The highest BCUT2D eigenvalue weighted by Gasteiger charge is 2.31. The van der Waals surface area contributed by atoms with E-state index in [1.807, 2.05) is 0 Å². The van der Waals surface area contributed by atoms with E-state index >= 15 is 0 Å². The molecule has 1 aromatic heterocycles. The fourth-order valence-electron chi connectivity index (χ4n) is 3.35. The minimum atomic E-state index is -1.32. The molecule has 1 heterocycles. The second kappa shape index (κ2) is 8.02. The molecule has 0 bridgehead atoms. The molecular formula is C21H25F2N3O3. The van der Waals surface area contributed by atoms with E-state index in [0.29, 0.717) is 24.1 Å². The molecule has 0 radical (unpaired) electrons. The maximum Gasteiger partial charge on any atom is 0.341 e. The van der Waals surface area contributed by atoms with Gasteiger partial charge in [-0.2, -0.15) is 0 Å². The Balaban J connectivity index is 1.89. The maximum absolute atomic E-state index is 14.6. The van der Waals surface area contributed by atoms with E-state index < -0.39 is 29.7 Å². The zero-order valence-electron chi connectivity index (χ0n) is 16.7. The number of nitrogens with zero attached hydrogens (tertiary/aromatic N) is 2. The molecular weight excluding hydrogens is 380 g/mol. The van der Waals surface area contributed by atoms with Crippen molar-refractivity contribution >= 4 is 11.8 Å². The number of aromatic nitrogens is 2. The highest BCUT2D eigenvalue weighted by Crippen LogP contribution is 2.35. The van der Waals surface area contributed by atoms with Crippen LogP contribution in [0.15, 0.2) is 24.4 Å². The fourth-order valence-corrected chi connectivity index (χ4v) is 3.35. The Morgan fingerprint density at radius 1 is 1.31 bits per heavy atom. The summed E-state index contributed by atoms with van der Waals surface area (Å²) in [6, 6.07) is 4.00. The van der Waals surface area contributed by atoms with Gasteiger partial charge in [0.2, 0.25) is 0 Å². The Labute approximate surface area is 168 Å². The van der Waals surface area contributed by atoms with Gasteiger partial charge in [0.05, 0.1) is 23.6 Å². The SMILES string of the molecule is CC(C)(C)OC(=O)c1ccc(-c2nc([C@H]3CC[C@@H](O)[C@@H](F)C3)cnc2N)cc1F. The molecule has 156 valence electrons. The monoisotopic (exact) mass is 405 g/mol. The Bertz CT molecular complexity index is 915. The number of hydrogen-bond acceptors (Lipinski definition) is 6. The third kappa shape index (κ3) is 4.87. The van der Waals surface area contributed by atoms with Gasteiger partial charge in [-0.1, -0.05) is 6.07 Å². The number of nitrogens with two attached hydrogens (primary N) is 1. The van der Waals surface area contributed by atoms with Crippen molar-refractivity contribution in [1.29, 1.82) is 0 Å². The van der Waals surface area contributed by atoms with E-state index in [1.165, 1.54) is 18.3 Å². The van der Waals surface area contributed by atoms with Gasteiger partial charge in [-0.05, 0) is 52.2 Å². The van der Waals surface area contributed by atoms with E-state index in [4.69, 9.17) is 10.5 Å². The first kappa shape index (κ1) is 21.1. The Hall–Kier alpha value is -2.61. The molecule has 3 rings (SSSR count). The van der Waals surface area contributed by atoms with Crippen molar-refractivity contribution < 1.29 is 23.4 Å². The molecule has 1 aromatic carbocycles. The fraction of sp³-hybridized carbons (Fsp3) is 0.476. The number of rotatable bonds is 3. The number of ether oxygens (including phenoxy) is 1. The first-order chi connectivity index (χ1) is 13.5. The topological polar surface area (TPSA) is 98.3 Å². The van der Waals surface area contributed by atoms with Gasteiger partial charge < -0.3 is 15.6 Å². The first-order valence-electron chi connectivity index (χ1n) is 9.53. The van der Waals surface area contributed by atoms with E-state index in [-0.39, 0.29) is 29.4 Å². The van der Waals surface area contributed by atoms with Gasteiger partial charge >= 0.3 is 5.97 Å². The zero-order chi connectivity index (χ0) is 21.3. The molecule has 0 unspecified atom stereocenters. The molecule has 3 N–H and O–H groups in total. The molecule has 2 aromatic rings. The van der Waals surface area contributed by atoms with Crippen LogP contribution >= 0.6 is 0 Å². The number of hydrogen-bond donors (Lipinski definition) is 2. The van der Waals surface area contributed by atoms with Crippen molar-refractivity contribution in [3.05, 3.63) is 41.5 Å². The van der Waals surface area contributed by atoms with E-state index in [0.717, 1.165) is 6.07 Å². The molecule has 0 spiro atoms. The number of nitrogen functional groups attached to an aromatic ring is 1. The number of carbonyl (C=O) groups is 1. The predicted octanol–water partition coefficient (Wildman–Crippen LogP) is 3.79. The van der Waals surface area contributed by atoms with Gasteiger partial charge in [-0.3, -0.25) is 0 Å². The van der Waals surface area contributed by atoms with Crippen LogP contribution in [0.25, 0.3) is 11.3 Å². The summed E-state index contributed by atoms with van der Waals surface area (Å²) >= 11 is 0. The molecule has 0 amide bonds. The summed E-state index contributed by atoms with van der Waals surface area (Å²) in [5, 5.41) is 9.58. The molecule has 0 aliphatic heterocycles. The van der Waals surface area contributed by atoms with Crippen LogP contribution < -0.4 is 5.73 Å². The van der Waals surface area contributed by atoms with Gasteiger partial charge in [0, 0.05) is 11.5 Å². The van der Waals surface area contributed by atoms with Crippen molar-refractivity contribution in [2.45, 2.75) is 63.8 Å². The van der Waals surface area contributed by atoms with Crippen LogP contribution in [-0.4, -0.2) is 38.9 Å². The number of aliphatic hydroxyl groups excluding tert-OH is 1. The van der Waals surface area contributed by atoms with Gasteiger partial charge in [-0.25, -0.2) is 23.5 Å². The van der Waals surface area contributed by atoms with E-state index in [2.05, 4.69) is 9.97 Å². The normalized spacial score (nSPS) is 22.3. The third-order valence-corrected chi connectivity index (χ3v) is 4.84. The third-order valence-electron chi connectivity index (χ3n) is 4.84. The molecule has 1 saturated carbocycles. The Morgan fingerprint density at radius 2 is 2.03 bits per heavy atom. The predicted molar refractivity (Wildman–Crippen MR) is 105 cm³/mol. The van der Waals surface area contributed by atoms with Crippen molar-refractivity contribution in [3.8, 4) is 11.3 Å². The van der Waals surface area contributed by atoms with Crippen LogP contribution in [0, 0.1) is 5.82 Å². The lowest BCUT2D eigenvalue weighted by molar-refractivity contribution is 0.00647. The summed E-state index contributed by atoms with van der Waals surface area (Å²) in [4.78, 5) is 20.8. The van der Waals surface area contributed by atoms with Crippen LogP contribution in [0.4, 0.5) is 14.6 Å². The average molecular weight is 405 g/mol. The Kier molecular flexibility index (Phi) is 5.84. The number of benzene rings is 1. The highest BCUT2D eigenvalue weighted by atomic mass is 19.1. The summed E-state index contributed by atoms with van der Waals surface area (Å²) in [5.41, 5.74) is 6.16. The molecule has 1 aliphatic rings. The molecule has 6 nitrogen and oxygen atoms in total. The molecule has 1 fully saturated rings. The van der Waals surface area contributed by atoms with Crippen LogP contribution in [0.1, 0.15) is 62.0 Å². The minimum absolute atomic E-state index is 0.103. The largest absolute Gasteiger partial charge is 0.456 e. The minimum Gasteiger partial charge on any atom is -0.456 e. The Morgan fingerprint density at radius 3 is 2.66 bits per heavy atom. The molecule has 8 heteroatoms. The number of carbonyl (C=O) groups excluding carboxylic acids is 1. The van der Waals surface area contributed by atoms with Crippen molar-refractivity contribution in [3.63, 3.8) is 0 Å². The van der Waals surface area contributed by atoms with Gasteiger partial charge in [-0.15, -0.1) is 0 Å². The summed E-state index contributed by atoms with van der Waals surface area (Å²) in [6.07, 6.45) is 0.270. The second-order valence-electron chi connectivity index (χ2n) is 8.32.